The number of aliphatic hydroxyl groups is 1. The van der Waals surface area contributed by atoms with Crippen LogP contribution in [0.1, 0.15) is 48.7 Å². The van der Waals surface area contributed by atoms with Gasteiger partial charge in [-0.1, -0.05) is 13.3 Å². The minimum Gasteiger partial charge on any atom is -0.478 e. The standard InChI is InChI=1S/C15H22N2O3/c1-2-3-12-8-11(14(19)20)9-13(17-12)16-10-15(4-5-15)6-7-18/h8-9,18H,2-7,10H2,1H3,(H,16,17)(H,19,20). The van der Waals surface area contributed by atoms with Crippen LogP contribution in [0.4, 0.5) is 5.82 Å². The summed E-state index contributed by atoms with van der Waals surface area (Å²) in [5.74, 6) is -0.304. The number of nitrogens with zero attached hydrogens (tertiary/aromatic N) is 1. The van der Waals surface area contributed by atoms with Crippen LogP contribution in [0.15, 0.2) is 12.1 Å². The Morgan fingerprint density at radius 1 is 1.45 bits per heavy atom. The number of hydrogen-bond acceptors (Lipinski definition) is 4. The molecular formula is C15H22N2O3. The molecule has 0 spiro atoms. The van der Waals surface area contributed by atoms with Crippen molar-refractivity contribution in [1.29, 1.82) is 0 Å². The number of carbonyl (C=O) groups is 1. The van der Waals surface area contributed by atoms with Gasteiger partial charge in [-0.3, -0.25) is 0 Å². The largest absolute Gasteiger partial charge is 0.478 e. The molecule has 110 valence electrons. The smallest absolute Gasteiger partial charge is 0.335 e. The number of anilines is 1. The van der Waals surface area contributed by atoms with E-state index in [1.165, 1.54) is 0 Å². The average Bonchev–Trinajstić information content (AvgIpc) is 3.17. The van der Waals surface area contributed by atoms with E-state index in [1.807, 2.05) is 6.92 Å². The van der Waals surface area contributed by atoms with Crippen LogP contribution in [0, 0.1) is 5.41 Å². The molecule has 1 heterocycles. The van der Waals surface area contributed by atoms with Gasteiger partial charge in [-0.25, -0.2) is 9.78 Å². The van der Waals surface area contributed by atoms with Crippen LogP contribution in [-0.4, -0.2) is 34.3 Å². The molecule has 1 aromatic heterocycles. The van der Waals surface area contributed by atoms with E-state index in [2.05, 4.69) is 10.3 Å². The summed E-state index contributed by atoms with van der Waals surface area (Å²) in [6.07, 6.45) is 4.73. The topological polar surface area (TPSA) is 82.5 Å². The Morgan fingerprint density at radius 3 is 2.75 bits per heavy atom. The molecule has 1 fully saturated rings. The lowest BCUT2D eigenvalue weighted by atomic mass is 10.0. The Kier molecular flexibility index (Phi) is 4.60. The second kappa shape index (κ2) is 6.22. The van der Waals surface area contributed by atoms with Crippen molar-refractivity contribution in [1.82, 2.24) is 4.98 Å². The lowest BCUT2D eigenvalue weighted by Crippen LogP contribution is -2.18. The van der Waals surface area contributed by atoms with Gasteiger partial charge >= 0.3 is 5.97 Å². The van der Waals surface area contributed by atoms with E-state index in [1.54, 1.807) is 12.1 Å². The Balaban J connectivity index is 2.08. The number of rotatable bonds is 8. The van der Waals surface area contributed by atoms with Gasteiger partial charge in [0.1, 0.15) is 5.82 Å². The Bertz CT molecular complexity index is 484. The molecule has 1 aliphatic rings. The van der Waals surface area contributed by atoms with Crippen LogP contribution < -0.4 is 5.32 Å². The molecular weight excluding hydrogens is 256 g/mol. The van der Waals surface area contributed by atoms with Gasteiger partial charge in [0, 0.05) is 18.8 Å². The molecule has 0 atom stereocenters. The molecule has 5 nitrogen and oxygen atoms in total. The van der Waals surface area contributed by atoms with Gasteiger partial charge in [-0.2, -0.15) is 0 Å². The summed E-state index contributed by atoms with van der Waals surface area (Å²) in [7, 11) is 0. The first-order chi connectivity index (χ1) is 9.58. The summed E-state index contributed by atoms with van der Waals surface area (Å²) >= 11 is 0. The predicted octanol–water partition coefficient (Wildman–Crippen LogP) is 2.31. The zero-order chi connectivity index (χ0) is 14.6. The zero-order valence-electron chi connectivity index (χ0n) is 11.9. The molecule has 1 aromatic rings. The molecule has 0 radical (unpaired) electrons. The van der Waals surface area contributed by atoms with Crippen molar-refractivity contribution in [2.75, 3.05) is 18.5 Å². The minimum absolute atomic E-state index is 0.181. The summed E-state index contributed by atoms with van der Waals surface area (Å²) in [4.78, 5) is 15.6. The van der Waals surface area contributed by atoms with Crippen molar-refractivity contribution in [2.45, 2.75) is 39.0 Å². The monoisotopic (exact) mass is 278 g/mol. The highest BCUT2D eigenvalue weighted by Gasteiger charge is 2.41. The van der Waals surface area contributed by atoms with Crippen LogP contribution in [0.3, 0.4) is 0 Å². The molecule has 0 unspecified atom stereocenters. The highest BCUT2D eigenvalue weighted by atomic mass is 16.4. The fourth-order valence-corrected chi connectivity index (χ4v) is 2.39. The molecule has 0 aliphatic heterocycles. The first-order valence-electron chi connectivity index (χ1n) is 7.17. The number of aromatic nitrogens is 1. The minimum atomic E-state index is -0.927. The number of aliphatic hydroxyl groups excluding tert-OH is 1. The molecule has 0 amide bonds. The van der Waals surface area contributed by atoms with Gasteiger partial charge in [-0.15, -0.1) is 0 Å². The first-order valence-corrected chi connectivity index (χ1v) is 7.17. The van der Waals surface area contributed by atoms with E-state index >= 15 is 0 Å². The third-order valence-corrected chi connectivity index (χ3v) is 3.88. The lowest BCUT2D eigenvalue weighted by molar-refractivity contribution is 0.0696. The third kappa shape index (κ3) is 3.70. The van der Waals surface area contributed by atoms with Crippen molar-refractivity contribution in [3.63, 3.8) is 0 Å². The van der Waals surface area contributed by atoms with Gasteiger partial charge in [0.15, 0.2) is 0 Å². The number of nitrogens with one attached hydrogen (secondary N) is 1. The molecule has 1 aliphatic carbocycles. The SMILES string of the molecule is CCCc1cc(C(=O)O)cc(NCC2(CCO)CC2)n1. The number of aromatic carboxylic acids is 1. The molecule has 0 saturated heterocycles. The molecule has 20 heavy (non-hydrogen) atoms. The number of carboxylic acid groups (broad SMARTS) is 1. The summed E-state index contributed by atoms with van der Waals surface area (Å²) in [5, 5.41) is 21.4. The van der Waals surface area contributed by atoms with E-state index in [9.17, 15) is 4.79 Å². The molecule has 3 N–H and O–H groups in total. The van der Waals surface area contributed by atoms with E-state index in [0.29, 0.717) is 5.82 Å². The zero-order valence-corrected chi connectivity index (χ0v) is 11.9. The van der Waals surface area contributed by atoms with Crippen molar-refractivity contribution < 1.29 is 15.0 Å². The third-order valence-electron chi connectivity index (χ3n) is 3.88. The van der Waals surface area contributed by atoms with E-state index in [-0.39, 0.29) is 17.6 Å². The molecule has 0 bridgehead atoms. The predicted molar refractivity (Wildman–Crippen MR) is 77.1 cm³/mol. The fraction of sp³-hybridized carbons (Fsp3) is 0.600. The summed E-state index contributed by atoms with van der Waals surface area (Å²) < 4.78 is 0. The summed E-state index contributed by atoms with van der Waals surface area (Å²) in [6, 6.07) is 3.22. The van der Waals surface area contributed by atoms with Crippen LogP contribution in [0.5, 0.6) is 0 Å². The Labute approximate surface area is 119 Å². The van der Waals surface area contributed by atoms with Crippen molar-refractivity contribution in [3.05, 3.63) is 23.4 Å². The van der Waals surface area contributed by atoms with Crippen molar-refractivity contribution >= 4 is 11.8 Å². The van der Waals surface area contributed by atoms with Gasteiger partial charge in [0.25, 0.3) is 0 Å². The van der Waals surface area contributed by atoms with E-state index in [4.69, 9.17) is 10.2 Å². The summed E-state index contributed by atoms with van der Waals surface area (Å²) in [5.41, 5.74) is 1.26. The molecule has 2 rings (SSSR count). The van der Waals surface area contributed by atoms with Crippen LogP contribution in [-0.2, 0) is 6.42 Å². The Hall–Kier alpha value is -1.62. The number of aryl methyl sites for hydroxylation is 1. The Morgan fingerprint density at radius 2 is 2.20 bits per heavy atom. The number of hydrogen-bond donors (Lipinski definition) is 3. The first kappa shape index (κ1) is 14.8. The highest BCUT2D eigenvalue weighted by Crippen LogP contribution is 2.48. The van der Waals surface area contributed by atoms with Gasteiger partial charge in [0.2, 0.25) is 0 Å². The van der Waals surface area contributed by atoms with Crippen LogP contribution in [0.2, 0.25) is 0 Å². The maximum atomic E-state index is 11.1. The van der Waals surface area contributed by atoms with Crippen LogP contribution in [0.25, 0.3) is 0 Å². The number of carboxylic acids is 1. The number of pyridine rings is 1. The normalized spacial score (nSPS) is 15.9. The van der Waals surface area contributed by atoms with E-state index in [0.717, 1.165) is 44.3 Å². The maximum absolute atomic E-state index is 11.1. The molecule has 1 saturated carbocycles. The summed E-state index contributed by atoms with van der Waals surface area (Å²) in [6.45, 7) is 2.99. The molecule has 5 heteroatoms. The van der Waals surface area contributed by atoms with Crippen molar-refractivity contribution in [2.24, 2.45) is 5.41 Å². The van der Waals surface area contributed by atoms with Gasteiger partial charge < -0.3 is 15.5 Å². The quantitative estimate of drug-likeness (QED) is 0.679. The highest BCUT2D eigenvalue weighted by molar-refractivity contribution is 5.88. The van der Waals surface area contributed by atoms with Gasteiger partial charge in [0.05, 0.1) is 5.56 Å². The van der Waals surface area contributed by atoms with E-state index < -0.39 is 5.97 Å². The second-order valence-corrected chi connectivity index (χ2v) is 5.61. The average molecular weight is 278 g/mol. The second-order valence-electron chi connectivity index (χ2n) is 5.61. The van der Waals surface area contributed by atoms with Crippen molar-refractivity contribution in [3.8, 4) is 0 Å². The lowest BCUT2D eigenvalue weighted by Gasteiger charge is -2.16. The maximum Gasteiger partial charge on any atom is 0.335 e. The molecule has 0 aromatic carbocycles. The van der Waals surface area contributed by atoms with Gasteiger partial charge in [-0.05, 0) is 43.2 Å². The fourth-order valence-electron chi connectivity index (χ4n) is 2.39. The van der Waals surface area contributed by atoms with Crippen LogP contribution >= 0.6 is 0 Å².